The molecule has 0 aliphatic rings. The summed E-state index contributed by atoms with van der Waals surface area (Å²) in [6.45, 7) is 0. The lowest BCUT2D eigenvalue weighted by Gasteiger charge is -2.06. The lowest BCUT2D eigenvalue weighted by atomic mass is 10.2. The van der Waals surface area contributed by atoms with Crippen LogP contribution in [0, 0.1) is 11.8 Å². The molecule has 0 bridgehead atoms. The van der Waals surface area contributed by atoms with Gasteiger partial charge in [0.1, 0.15) is 5.75 Å². The van der Waals surface area contributed by atoms with Crippen molar-refractivity contribution in [1.29, 1.82) is 0 Å². The highest BCUT2D eigenvalue weighted by Gasteiger charge is 2.13. The molecule has 0 N–H and O–H groups in total. The molecule has 0 saturated carbocycles. The van der Waals surface area contributed by atoms with Crippen LogP contribution in [-0.4, -0.2) is 28.5 Å². The molecule has 1 aromatic heterocycles. The van der Waals surface area contributed by atoms with E-state index in [0.29, 0.717) is 16.2 Å². The van der Waals surface area contributed by atoms with E-state index in [-0.39, 0.29) is 5.56 Å². The van der Waals surface area contributed by atoms with Gasteiger partial charge in [0.25, 0.3) is 5.91 Å². The largest absolute Gasteiger partial charge is 0.497 e. The van der Waals surface area contributed by atoms with Crippen LogP contribution in [0.25, 0.3) is 0 Å². The highest BCUT2D eigenvalue weighted by molar-refractivity contribution is 9.10. The Morgan fingerprint density at radius 3 is 2.59 bits per heavy atom. The molecule has 3 rings (SSSR count). The number of benzene rings is 2. The van der Waals surface area contributed by atoms with Crippen LogP contribution in [0.1, 0.15) is 21.5 Å². The van der Waals surface area contributed by atoms with Gasteiger partial charge in [-0.3, -0.25) is 9.78 Å². The fourth-order valence-corrected chi connectivity index (χ4v) is 4.03. The summed E-state index contributed by atoms with van der Waals surface area (Å²) in [6, 6.07) is 15.9. The molecule has 0 radical (unpaired) electrons. The molecule has 3 aromatic rings. The van der Waals surface area contributed by atoms with Crippen molar-refractivity contribution in [2.75, 3.05) is 13.4 Å². The lowest BCUT2D eigenvalue weighted by Crippen LogP contribution is -2.05. The Kier molecular flexibility index (Phi) is 6.47. The second-order valence-corrected chi connectivity index (χ2v) is 9.28. The number of ether oxygens (including phenoxy) is 1. The van der Waals surface area contributed by atoms with Gasteiger partial charge in [0.15, 0.2) is 0 Å². The van der Waals surface area contributed by atoms with Gasteiger partial charge in [-0.2, -0.15) is 4.36 Å². The molecule has 1 amide bonds. The Morgan fingerprint density at radius 2 is 1.83 bits per heavy atom. The number of carbonyl (C=O) groups excluding carboxylic acids is 1. The highest BCUT2D eigenvalue weighted by atomic mass is 79.9. The minimum absolute atomic E-state index is 0.225. The molecule has 0 fully saturated rings. The Hall–Kier alpha value is -2.95. The fraction of sp³-hybridized carbons (Fsp3) is 0.0909. The van der Waals surface area contributed by atoms with Gasteiger partial charge >= 0.3 is 0 Å². The van der Waals surface area contributed by atoms with Crippen LogP contribution in [0.4, 0.5) is 0 Å². The number of hydrogen-bond donors (Lipinski definition) is 0. The van der Waals surface area contributed by atoms with Gasteiger partial charge in [-0.15, -0.1) is 0 Å². The first-order chi connectivity index (χ1) is 13.9. The predicted molar refractivity (Wildman–Crippen MR) is 116 cm³/mol. The van der Waals surface area contributed by atoms with Crippen LogP contribution in [0.3, 0.4) is 0 Å². The van der Waals surface area contributed by atoms with E-state index in [1.165, 1.54) is 19.6 Å². The van der Waals surface area contributed by atoms with Gasteiger partial charge in [-0.25, -0.2) is 4.21 Å². The van der Waals surface area contributed by atoms with Gasteiger partial charge in [0, 0.05) is 34.2 Å². The van der Waals surface area contributed by atoms with Crippen molar-refractivity contribution < 1.29 is 13.7 Å². The van der Waals surface area contributed by atoms with E-state index < -0.39 is 15.6 Å². The number of hydrogen-bond acceptors (Lipinski definition) is 4. The summed E-state index contributed by atoms with van der Waals surface area (Å²) < 4.78 is 23.0. The van der Waals surface area contributed by atoms with E-state index in [1.54, 1.807) is 36.5 Å². The number of nitrogens with zero attached hydrogens (tertiary/aromatic N) is 2. The lowest BCUT2D eigenvalue weighted by molar-refractivity contribution is 0.100. The Bertz CT molecular complexity index is 1250. The molecule has 0 aliphatic carbocycles. The maximum absolute atomic E-state index is 13.0. The predicted octanol–water partition coefficient (Wildman–Crippen LogP) is 4.55. The van der Waals surface area contributed by atoms with Crippen LogP contribution in [0.2, 0.25) is 0 Å². The topological polar surface area (TPSA) is 68.6 Å². The average Bonchev–Trinajstić information content (AvgIpc) is 2.72. The second kappa shape index (κ2) is 9.03. The van der Waals surface area contributed by atoms with Crippen LogP contribution in [0.15, 0.2) is 80.7 Å². The Balaban J connectivity index is 1.89. The fourth-order valence-electron chi connectivity index (χ4n) is 2.44. The molecule has 29 heavy (non-hydrogen) atoms. The standard InChI is InChI=1S/C22H17BrN2O3S/c1-28-20-7-4-8-21(13-20)29(2,27)25-22(26)18-11-17(14-24-15-18)10-9-16-5-3-6-19(23)12-16/h3-8,11-15H,1-2H3. The van der Waals surface area contributed by atoms with E-state index in [1.807, 2.05) is 24.3 Å². The SMILES string of the molecule is COc1cccc(S(C)(=O)=NC(=O)c2cncc(C#Cc3cccc(Br)c3)c2)c1. The summed E-state index contributed by atoms with van der Waals surface area (Å²) in [5, 5.41) is 0. The number of pyridine rings is 1. The molecular formula is C22H17BrN2O3S. The molecule has 5 nitrogen and oxygen atoms in total. The summed E-state index contributed by atoms with van der Waals surface area (Å²) >= 11 is 3.40. The number of halogens is 1. The average molecular weight is 469 g/mol. The molecule has 0 aliphatic heterocycles. The van der Waals surface area contributed by atoms with E-state index >= 15 is 0 Å². The van der Waals surface area contributed by atoms with Crippen molar-refractivity contribution in [3.8, 4) is 17.6 Å². The van der Waals surface area contributed by atoms with Gasteiger partial charge in [0.05, 0.1) is 27.3 Å². The second-order valence-electron chi connectivity index (χ2n) is 6.10. The first kappa shape index (κ1) is 20.8. The van der Waals surface area contributed by atoms with Crippen LogP contribution in [-0.2, 0) is 9.73 Å². The zero-order chi connectivity index (χ0) is 20.9. The summed E-state index contributed by atoms with van der Waals surface area (Å²) in [6.07, 6.45) is 4.37. The molecule has 1 heterocycles. The zero-order valence-corrected chi connectivity index (χ0v) is 18.2. The maximum atomic E-state index is 13.0. The number of methoxy groups -OCH3 is 1. The van der Waals surface area contributed by atoms with Gasteiger partial charge in [-0.1, -0.05) is 39.9 Å². The first-order valence-corrected chi connectivity index (χ1v) is 11.2. The quantitative estimate of drug-likeness (QED) is 0.528. The normalized spacial score (nSPS) is 12.2. The molecular weight excluding hydrogens is 452 g/mol. The van der Waals surface area contributed by atoms with Gasteiger partial charge in [-0.05, 0) is 42.5 Å². The zero-order valence-electron chi connectivity index (χ0n) is 15.8. The smallest absolute Gasteiger partial charge is 0.286 e. The number of rotatable bonds is 3. The van der Waals surface area contributed by atoms with Crippen molar-refractivity contribution in [3.63, 3.8) is 0 Å². The molecule has 7 heteroatoms. The molecule has 1 unspecified atom stereocenters. The third-order valence-corrected chi connectivity index (χ3v) is 6.03. The van der Waals surface area contributed by atoms with Crippen LogP contribution >= 0.6 is 15.9 Å². The summed E-state index contributed by atoms with van der Waals surface area (Å²) in [5.74, 6) is 5.94. The monoisotopic (exact) mass is 468 g/mol. The van der Waals surface area contributed by atoms with E-state index in [9.17, 15) is 9.00 Å². The summed E-state index contributed by atoms with van der Waals surface area (Å²) in [5.41, 5.74) is 1.62. The number of carbonyl (C=O) groups is 1. The van der Waals surface area contributed by atoms with E-state index in [4.69, 9.17) is 4.74 Å². The van der Waals surface area contributed by atoms with Crippen molar-refractivity contribution in [3.05, 3.63) is 88.2 Å². The van der Waals surface area contributed by atoms with E-state index in [0.717, 1.165) is 10.0 Å². The molecule has 146 valence electrons. The Morgan fingerprint density at radius 1 is 1.07 bits per heavy atom. The highest BCUT2D eigenvalue weighted by Crippen LogP contribution is 2.19. The molecule has 0 saturated heterocycles. The van der Waals surface area contributed by atoms with Gasteiger partial charge < -0.3 is 4.74 Å². The van der Waals surface area contributed by atoms with Crippen molar-refractivity contribution >= 4 is 31.6 Å². The minimum Gasteiger partial charge on any atom is -0.497 e. The number of aromatic nitrogens is 1. The van der Waals surface area contributed by atoms with Gasteiger partial charge in [0.2, 0.25) is 0 Å². The first-order valence-electron chi connectivity index (χ1n) is 8.50. The van der Waals surface area contributed by atoms with E-state index in [2.05, 4.69) is 37.1 Å². The van der Waals surface area contributed by atoms with Crippen molar-refractivity contribution in [1.82, 2.24) is 4.98 Å². The van der Waals surface area contributed by atoms with Crippen molar-refractivity contribution in [2.45, 2.75) is 4.90 Å². The molecule has 2 aromatic carbocycles. The molecule has 0 spiro atoms. The maximum Gasteiger partial charge on any atom is 0.286 e. The number of amides is 1. The summed E-state index contributed by atoms with van der Waals surface area (Å²) in [4.78, 5) is 17.1. The van der Waals surface area contributed by atoms with Crippen LogP contribution in [0.5, 0.6) is 5.75 Å². The third-order valence-electron chi connectivity index (χ3n) is 3.90. The Labute approximate surface area is 178 Å². The molecule has 1 atom stereocenters. The summed E-state index contributed by atoms with van der Waals surface area (Å²) in [7, 11) is -1.42. The minimum atomic E-state index is -2.94. The van der Waals surface area contributed by atoms with Crippen LogP contribution < -0.4 is 4.74 Å². The third kappa shape index (κ3) is 5.53. The van der Waals surface area contributed by atoms with Crippen molar-refractivity contribution in [2.24, 2.45) is 4.36 Å².